The van der Waals surface area contributed by atoms with Crippen LogP contribution in [0.3, 0.4) is 0 Å². The molecule has 1 aromatic heterocycles. The summed E-state index contributed by atoms with van der Waals surface area (Å²) < 4.78 is 1.55. The van der Waals surface area contributed by atoms with Gasteiger partial charge in [-0.25, -0.2) is 0 Å². The van der Waals surface area contributed by atoms with Gasteiger partial charge in [-0.05, 0) is 38.8 Å². The third kappa shape index (κ3) is 2.52. The van der Waals surface area contributed by atoms with Crippen LogP contribution in [0.4, 0.5) is 0 Å². The molecule has 2 rings (SSSR count). The molecule has 1 aromatic carbocycles. The maximum Gasteiger partial charge on any atom is 0.325 e. The molecule has 0 radical (unpaired) electrons. The minimum atomic E-state index is -0.877. The van der Waals surface area contributed by atoms with Crippen LogP contribution in [0.25, 0.3) is 11.1 Å². The first-order chi connectivity index (χ1) is 8.90. The fourth-order valence-corrected chi connectivity index (χ4v) is 2.46. The van der Waals surface area contributed by atoms with Crippen LogP contribution in [0.2, 0.25) is 0 Å². The van der Waals surface area contributed by atoms with Gasteiger partial charge in [0.15, 0.2) is 0 Å². The molecule has 19 heavy (non-hydrogen) atoms. The van der Waals surface area contributed by atoms with E-state index in [2.05, 4.69) is 37.1 Å². The number of hydrogen-bond acceptors (Lipinski definition) is 2. The minimum absolute atomic E-state index is 0.0996. The first-order valence-electron chi connectivity index (χ1n) is 6.23. The van der Waals surface area contributed by atoms with Gasteiger partial charge in [0, 0.05) is 11.3 Å². The fraction of sp³-hybridized carbons (Fsp3) is 0.333. The van der Waals surface area contributed by atoms with E-state index in [9.17, 15) is 4.79 Å². The quantitative estimate of drug-likeness (QED) is 0.921. The Balaban J connectivity index is 2.56. The smallest absolute Gasteiger partial charge is 0.325 e. The van der Waals surface area contributed by atoms with Crippen LogP contribution < -0.4 is 0 Å². The lowest BCUT2D eigenvalue weighted by molar-refractivity contribution is -0.137. The zero-order valence-corrected chi connectivity index (χ0v) is 11.7. The SMILES string of the molecule is Cc1ccc(-c2c(C)nn(CC(=O)O)c2C)c(C)c1. The summed E-state index contributed by atoms with van der Waals surface area (Å²) in [5.41, 5.74) is 6.32. The first kappa shape index (κ1) is 13.3. The maximum atomic E-state index is 10.8. The summed E-state index contributed by atoms with van der Waals surface area (Å²) in [6, 6.07) is 6.27. The molecule has 0 amide bonds. The second kappa shape index (κ2) is 4.88. The van der Waals surface area contributed by atoms with Crippen molar-refractivity contribution in [1.29, 1.82) is 0 Å². The molecule has 4 heteroatoms. The summed E-state index contributed by atoms with van der Waals surface area (Å²) in [7, 11) is 0. The number of aryl methyl sites for hydroxylation is 3. The van der Waals surface area contributed by atoms with E-state index in [1.54, 1.807) is 4.68 Å². The summed E-state index contributed by atoms with van der Waals surface area (Å²) in [5.74, 6) is -0.877. The molecule has 1 N–H and O–H groups in total. The van der Waals surface area contributed by atoms with E-state index in [0.717, 1.165) is 22.5 Å². The predicted molar refractivity (Wildman–Crippen MR) is 74.2 cm³/mol. The topological polar surface area (TPSA) is 55.1 Å². The molecule has 0 aliphatic carbocycles. The highest BCUT2D eigenvalue weighted by molar-refractivity contribution is 5.73. The van der Waals surface area contributed by atoms with Crippen LogP contribution in [0, 0.1) is 27.7 Å². The van der Waals surface area contributed by atoms with Crippen LogP contribution in [0.15, 0.2) is 18.2 Å². The lowest BCUT2D eigenvalue weighted by atomic mass is 9.97. The Hall–Kier alpha value is -2.10. The van der Waals surface area contributed by atoms with Gasteiger partial charge in [-0.2, -0.15) is 5.10 Å². The van der Waals surface area contributed by atoms with Crippen LogP contribution in [0.5, 0.6) is 0 Å². The van der Waals surface area contributed by atoms with Crippen LogP contribution >= 0.6 is 0 Å². The largest absolute Gasteiger partial charge is 0.480 e. The molecule has 2 aromatic rings. The van der Waals surface area contributed by atoms with Gasteiger partial charge >= 0.3 is 5.97 Å². The number of carboxylic acids is 1. The Labute approximate surface area is 112 Å². The second-order valence-corrected chi connectivity index (χ2v) is 4.92. The van der Waals surface area contributed by atoms with Gasteiger partial charge in [0.05, 0.1) is 5.69 Å². The van der Waals surface area contributed by atoms with E-state index in [1.807, 2.05) is 13.8 Å². The number of benzene rings is 1. The molecule has 0 saturated carbocycles. The lowest BCUT2D eigenvalue weighted by Crippen LogP contribution is -2.11. The van der Waals surface area contributed by atoms with Crippen molar-refractivity contribution in [2.45, 2.75) is 34.2 Å². The average molecular weight is 258 g/mol. The van der Waals surface area contributed by atoms with Gasteiger partial charge in [0.1, 0.15) is 6.54 Å². The number of aromatic nitrogens is 2. The summed E-state index contributed by atoms with van der Waals surface area (Å²) in [4.78, 5) is 10.8. The molecule has 4 nitrogen and oxygen atoms in total. The first-order valence-corrected chi connectivity index (χ1v) is 6.23. The number of rotatable bonds is 3. The standard InChI is InChI=1S/C15H18N2O2/c1-9-5-6-13(10(2)7-9)15-11(3)16-17(12(15)4)8-14(18)19/h5-7H,8H2,1-4H3,(H,18,19). The van der Waals surface area contributed by atoms with Crippen molar-refractivity contribution in [1.82, 2.24) is 9.78 Å². The van der Waals surface area contributed by atoms with Gasteiger partial charge in [0.2, 0.25) is 0 Å². The Kier molecular flexibility index (Phi) is 3.42. The molecule has 1 heterocycles. The minimum Gasteiger partial charge on any atom is -0.480 e. The summed E-state index contributed by atoms with van der Waals surface area (Å²) in [5, 5.41) is 13.2. The monoisotopic (exact) mass is 258 g/mol. The van der Waals surface area contributed by atoms with E-state index in [0.29, 0.717) is 0 Å². The van der Waals surface area contributed by atoms with Crippen molar-refractivity contribution in [3.8, 4) is 11.1 Å². The number of aliphatic carboxylic acids is 1. The van der Waals surface area contributed by atoms with E-state index in [4.69, 9.17) is 5.11 Å². The third-order valence-corrected chi connectivity index (χ3v) is 3.32. The van der Waals surface area contributed by atoms with E-state index >= 15 is 0 Å². The Bertz CT molecular complexity index is 642. The average Bonchev–Trinajstić information content (AvgIpc) is 2.55. The Morgan fingerprint density at radius 2 is 1.95 bits per heavy atom. The summed E-state index contributed by atoms with van der Waals surface area (Å²) in [6.45, 7) is 7.86. The fourth-order valence-electron chi connectivity index (χ4n) is 2.46. The molecule has 100 valence electrons. The van der Waals surface area contributed by atoms with Gasteiger partial charge in [-0.3, -0.25) is 9.48 Å². The van der Waals surface area contributed by atoms with Crippen molar-refractivity contribution < 1.29 is 9.90 Å². The van der Waals surface area contributed by atoms with Crippen LogP contribution in [0.1, 0.15) is 22.5 Å². The van der Waals surface area contributed by atoms with Gasteiger partial charge in [-0.1, -0.05) is 23.8 Å². The molecule has 0 aliphatic rings. The van der Waals surface area contributed by atoms with Crippen molar-refractivity contribution in [3.63, 3.8) is 0 Å². The highest BCUT2D eigenvalue weighted by Crippen LogP contribution is 2.30. The van der Waals surface area contributed by atoms with Gasteiger partial charge in [-0.15, -0.1) is 0 Å². The van der Waals surface area contributed by atoms with Gasteiger partial charge < -0.3 is 5.11 Å². The van der Waals surface area contributed by atoms with Crippen LogP contribution in [-0.2, 0) is 11.3 Å². The maximum absolute atomic E-state index is 10.8. The predicted octanol–water partition coefficient (Wildman–Crippen LogP) is 2.87. The Morgan fingerprint density at radius 1 is 1.26 bits per heavy atom. The molecule has 0 saturated heterocycles. The highest BCUT2D eigenvalue weighted by Gasteiger charge is 2.16. The molecule has 0 unspecified atom stereocenters. The normalized spacial score (nSPS) is 10.7. The summed E-state index contributed by atoms with van der Waals surface area (Å²) in [6.07, 6.45) is 0. The van der Waals surface area contributed by atoms with E-state index < -0.39 is 5.97 Å². The van der Waals surface area contributed by atoms with Crippen molar-refractivity contribution in [3.05, 3.63) is 40.7 Å². The van der Waals surface area contributed by atoms with Crippen molar-refractivity contribution >= 4 is 5.97 Å². The molecular weight excluding hydrogens is 240 g/mol. The van der Waals surface area contributed by atoms with Crippen molar-refractivity contribution in [2.75, 3.05) is 0 Å². The number of carboxylic acid groups (broad SMARTS) is 1. The molecule has 0 aliphatic heterocycles. The zero-order valence-electron chi connectivity index (χ0n) is 11.7. The number of nitrogens with zero attached hydrogens (tertiary/aromatic N) is 2. The van der Waals surface area contributed by atoms with Gasteiger partial charge in [0.25, 0.3) is 0 Å². The lowest BCUT2D eigenvalue weighted by Gasteiger charge is -2.08. The molecule has 0 spiro atoms. The highest BCUT2D eigenvalue weighted by atomic mass is 16.4. The molecule has 0 atom stereocenters. The molecular formula is C15H18N2O2. The zero-order chi connectivity index (χ0) is 14.2. The number of carbonyl (C=O) groups is 1. The van der Waals surface area contributed by atoms with E-state index in [-0.39, 0.29) is 6.54 Å². The summed E-state index contributed by atoms with van der Waals surface area (Å²) >= 11 is 0. The van der Waals surface area contributed by atoms with E-state index in [1.165, 1.54) is 11.1 Å². The molecule has 0 fully saturated rings. The Morgan fingerprint density at radius 3 is 2.53 bits per heavy atom. The third-order valence-electron chi connectivity index (χ3n) is 3.32. The molecule has 0 bridgehead atoms. The van der Waals surface area contributed by atoms with Crippen molar-refractivity contribution in [2.24, 2.45) is 0 Å². The van der Waals surface area contributed by atoms with Crippen LogP contribution in [-0.4, -0.2) is 20.9 Å². The number of hydrogen-bond donors (Lipinski definition) is 1. The second-order valence-electron chi connectivity index (χ2n) is 4.92.